The number of rotatable bonds is 5. The zero-order valence-corrected chi connectivity index (χ0v) is 9.51. The molecule has 2 aromatic heterocycles. The highest BCUT2D eigenvalue weighted by molar-refractivity contribution is 5.89. The molecule has 0 saturated carbocycles. The molecule has 90 valence electrons. The first-order valence-electron chi connectivity index (χ1n) is 5.54. The lowest BCUT2D eigenvalue weighted by Crippen LogP contribution is -2.29. The average molecular weight is 234 g/mol. The third kappa shape index (κ3) is 2.38. The fourth-order valence-electron chi connectivity index (χ4n) is 1.72. The zero-order chi connectivity index (χ0) is 12.3. The summed E-state index contributed by atoms with van der Waals surface area (Å²) in [6.45, 7) is 1.95. The second kappa shape index (κ2) is 4.86. The van der Waals surface area contributed by atoms with E-state index in [0.29, 0.717) is 17.8 Å². The van der Waals surface area contributed by atoms with Crippen molar-refractivity contribution in [3.05, 3.63) is 24.6 Å². The molecule has 1 atom stereocenters. The van der Waals surface area contributed by atoms with Crippen molar-refractivity contribution in [2.75, 3.05) is 5.32 Å². The predicted molar refractivity (Wildman–Crippen MR) is 64.0 cm³/mol. The van der Waals surface area contributed by atoms with E-state index in [0.717, 1.165) is 11.8 Å². The summed E-state index contributed by atoms with van der Waals surface area (Å²) in [4.78, 5) is 15.2. The van der Waals surface area contributed by atoms with Gasteiger partial charge in [0.25, 0.3) is 0 Å². The molecule has 0 radical (unpaired) electrons. The van der Waals surface area contributed by atoms with Crippen molar-refractivity contribution < 1.29 is 14.3 Å². The fourth-order valence-corrected chi connectivity index (χ4v) is 1.72. The Morgan fingerprint density at radius 2 is 2.41 bits per heavy atom. The summed E-state index contributed by atoms with van der Waals surface area (Å²) in [6, 6.07) is 2.90. The van der Waals surface area contributed by atoms with Gasteiger partial charge >= 0.3 is 5.97 Å². The molecule has 1 unspecified atom stereocenters. The van der Waals surface area contributed by atoms with E-state index in [1.165, 1.54) is 0 Å². The monoisotopic (exact) mass is 234 g/mol. The smallest absolute Gasteiger partial charge is 0.326 e. The van der Waals surface area contributed by atoms with E-state index < -0.39 is 12.0 Å². The SMILES string of the molecule is CCCC(Nc1nccc2occc12)C(=O)O. The molecule has 0 fully saturated rings. The summed E-state index contributed by atoms with van der Waals surface area (Å²) in [6.07, 6.45) is 4.52. The van der Waals surface area contributed by atoms with Crippen molar-refractivity contribution in [1.82, 2.24) is 4.98 Å². The number of fused-ring (bicyclic) bond motifs is 1. The van der Waals surface area contributed by atoms with E-state index in [1.807, 2.05) is 6.92 Å². The molecule has 5 heteroatoms. The summed E-state index contributed by atoms with van der Waals surface area (Å²) >= 11 is 0. The first-order valence-corrected chi connectivity index (χ1v) is 5.54. The maximum Gasteiger partial charge on any atom is 0.326 e. The van der Waals surface area contributed by atoms with Crippen LogP contribution in [0.25, 0.3) is 11.0 Å². The van der Waals surface area contributed by atoms with Crippen LogP contribution in [-0.2, 0) is 4.79 Å². The van der Waals surface area contributed by atoms with Gasteiger partial charge in [0.15, 0.2) is 0 Å². The van der Waals surface area contributed by atoms with Crippen LogP contribution in [0, 0.1) is 0 Å². The van der Waals surface area contributed by atoms with Crippen LogP contribution in [0.1, 0.15) is 19.8 Å². The van der Waals surface area contributed by atoms with Gasteiger partial charge in [0.2, 0.25) is 0 Å². The third-order valence-electron chi connectivity index (χ3n) is 2.57. The number of aliphatic carboxylic acids is 1. The minimum atomic E-state index is -0.867. The van der Waals surface area contributed by atoms with E-state index in [2.05, 4.69) is 10.3 Å². The molecule has 0 amide bonds. The quantitative estimate of drug-likeness (QED) is 0.831. The van der Waals surface area contributed by atoms with E-state index >= 15 is 0 Å². The molecule has 2 heterocycles. The first-order chi connectivity index (χ1) is 8.22. The molecule has 2 rings (SSSR count). The summed E-state index contributed by atoms with van der Waals surface area (Å²) in [7, 11) is 0. The standard InChI is InChI=1S/C12H14N2O3/c1-2-3-9(12(15)16)14-11-8-5-7-17-10(8)4-6-13-11/h4-7,9H,2-3H2,1H3,(H,13,14)(H,15,16). The first kappa shape index (κ1) is 11.4. The highest BCUT2D eigenvalue weighted by atomic mass is 16.4. The van der Waals surface area contributed by atoms with Crippen molar-refractivity contribution in [2.45, 2.75) is 25.8 Å². The molecule has 0 aliphatic carbocycles. The van der Waals surface area contributed by atoms with E-state index in [4.69, 9.17) is 9.52 Å². The lowest BCUT2D eigenvalue weighted by atomic mass is 10.1. The number of carboxylic acid groups (broad SMARTS) is 1. The molecular weight excluding hydrogens is 220 g/mol. The zero-order valence-electron chi connectivity index (χ0n) is 9.51. The molecule has 0 aromatic carbocycles. The highest BCUT2D eigenvalue weighted by Crippen LogP contribution is 2.22. The van der Waals surface area contributed by atoms with Gasteiger partial charge in [0.1, 0.15) is 17.4 Å². The molecule has 2 aromatic rings. The maximum atomic E-state index is 11.1. The normalized spacial score (nSPS) is 12.5. The van der Waals surface area contributed by atoms with Gasteiger partial charge in [0.05, 0.1) is 11.6 Å². The number of aromatic nitrogens is 1. The predicted octanol–water partition coefficient (Wildman–Crippen LogP) is 2.49. The Labute approximate surface area is 98.5 Å². The van der Waals surface area contributed by atoms with Crippen molar-refractivity contribution >= 4 is 22.8 Å². The second-order valence-electron chi connectivity index (χ2n) is 3.82. The van der Waals surface area contributed by atoms with Crippen molar-refractivity contribution in [3.8, 4) is 0 Å². The summed E-state index contributed by atoms with van der Waals surface area (Å²) in [5.74, 6) is -0.314. The van der Waals surface area contributed by atoms with E-state index in [-0.39, 0.29) is 0 Å². The number of furan rings is 1. The van der Waals surface area contributed by atoms with Crippen LogP contribution in [0.4, 0.5) is 5.82 Å². The Morgan fingerprint density at radius 3 is 3.12 bits per heavy atom. The van der Waals surface area contributed by atoms with Crippen molar-refractivity contribution in [3.63, 3.8) is 0 Å². The second-order valence-corrected chi connectivity index (χ2v) is 3.82. The van der Waals surface area contributed by atoms with Crippen LogP contribution in [0.15, 0.2) is 29.0 Å². The Morgan fingerprint density at radius 1 is 1.59 bits per heavy atom. The van der Waals surface area contributed by atoms with Crippen LogP contribution in [-0.4, -0.2) is 22.1 Å². The number of carboxylic acids is 1. The van der Waals surface area contributed by atoms with Crippen molar-refractivity contribution in [1.29, 1.82) is 0 Å². The molecular formula is C12H14N2O3. The van der Waals surface area contributed by atoms with Crippen LogP contribution >= 0.6 is 0 Å². The lowest BCUT2D eigenvalue weighted by molar-refractivity contribution is -0.138. The number of nitrogens with one attached hydrogen (secondary N) is 1. The number of nitrogens with zero attached hydrogens (tertiary/aromatic N) is 1. The molecule has 0 aliphatic heterocycles. The van der Waals surface area contributed by atoms with Gasteiger partial charge in [-0.25, -0.2) is 9.78 Å². The molecule has 0 bridgehead atoms. The number of anilines is 1. The highest BCUT2D eigenvalue weighted by Gasteiger charge is 2.17. The number of hydrogen-bond acceptors (Lipinski definition) is 4. The molecule has 0 spiro atoms. The van der Waals surface area contributed by atoms with E-state index in [1.54, 1.807) is 24.6 Å². The van der Waals surface area contributed by atoms with Gasteiger partial charge in [-0.05, 0) is 18.6 Å². The summed E-state index contributed by atoms with van der Waals surface area (Å²) in [5.41, 5.74) is 0.697. The largest absolute Gasteiger partial charge is 0.480 e. The molecule has 5 nitrogen and oxygen atoms in total. The number of carbonyl (C=O) groups is 1. The van der Waals surface area contributed by atoms with Crippen LogP contribution < -0.4 is 5.32 Å². The Bertz CT molecular complexity index is 521. The van der Waals surface area contributed by atoms with Crippen LogP contribution in [0.3, 0.4) is 0 Å². The fraction of sp³-hybridized carbons (Fsp3) is 0.333. The third-order valence-corrected chi connectivity index (χ3v) is 2.57. The molecule has 17 heavy (non-hydrogen) atoms. The summed E-state index contributed by atoms with van der Waals surface area (Å²) in [5, 5.41) is 12.8. The van der Waals surface area contributed by atoms with Gasteiger partial charge in [-0.15, -0.1) is 0 Å². The van der Waals surface area contributed by atoms with Crippen molar-refractivity contribution in [2.24, 2.45) is 0 Å². The van der Waals surface area contributed by atoms with Crippen LogP contribution in [0.2, 0.25) is 0 Å². The summed E-state index contributed by atoms with van der Waals surface area (Å²) < 4.78 is 5.23. The Kier molecular flexibility index (Phi) is 3.27. The van der Waals surface area contributed by atoms with Gasteiger partial charge in [0, 0.05) is 6.20 Å². The Hall–Kier alpha value is -2.04. The van der Waals surface area contributed by atoms with Gasteiger partial charge in [-0.1, -0.05) is 13.3 Å². The topological polar surface area (TPSA) is 75.4 Å². The van der Waals surface area contributed by atoms with Gasteiger partial charge in [-0.3, -0.25) is 0 Å². The van der Waals surface area contributed by atoms with E-state index in [9.17, 15) is 4.79 Å². The molecule has 2 N–H and O–H groups in total. The number of hydrogen-bond donors (Lipinski definition) is 2. The maximum absolute atomic E-state index is 11.1. The Balaban J connectivity index is 2.27. The molecule has 0 saturated heterocycles. The van der Waals surface area contributed by atoms with Gasteiger partial charge in [-0.2, -0.15) is 0 Å². The molecule has 0 aliphatic rings. The average Bonchev–Trinajstić information content (AvgIpc) is 2.77. The minimum absolute atomic E-state index is 0.553. The lowest BCUT2D eigenvalue weighted by Gasteiger charge is -2.14. The van der Waals surface area contributed by atoms with Crippen LogP contribution in [0.5, 0.6) is 0 Å². The number of pyridine rings is 1. The van der Waals surface area contributed by atoms with Gasteiger partial charge < -0.3 is 14.8 Å². The minimum Gasteiger partial charge on any atom is -0.480 e.